The van der Waals surface area contributed by atoms with Crippen LogP contribution in [0.5, 0.6) is 0 Å². The van der Waals surface area contributed by atoms with Crippen molar-refractivity contribution >= 4 is 39.6 Å². The van der Waals surface area contributed by atoms with E-state index in [4.69, 9.17) is 9.47 Å². The van der Waals surface area contributed by atoms with E-state index in [1.165, 1.54) is 4.90 Å². The molecule has 5 aliphatic rings. The molecule has 264 valence electrons. The highest BCUT2D eigenvalue weighted by Crippen LogP contribution is 2.59. The maximum Gasteiger partial charge on any atom is 0.313 e. The Labute approximate surface area is 301 Å². The summed E-state index contributed by atoms with van der Waals surface area (Å²) in [6.07, 6.45) is 9.81. The van der Waals surface area contributed by atoms with E-state index in [0.717, 1.165) is 37.7 Å². The van der Waals surface area contributed by atoms with Crippen LogP contribution in [0.15, 0.2) is 83.4 Å². The summed E-state index contributed by atoms with van der Waals surface area (Å²) in [5.74, 6) is -3.61. The molecule has 7 rings (SSSR count). The minimum absolute atomic E-state index is 0.0428. The van der Waals surface area contributed by atoms with Crippen LogP contribution >= 0.6 is 15.9 Å². The van der Waals surface area contributed by atoms with Crippen LogP contribution in [-0.4, -0.2) is 88.1 Å². The van der Waals surface area contributed by atoms with E-state index in [0.29, 0.717) is 29.4 Å². The Balaban J connectivity index is 1.33. The lowest BCUT2D eigenvalue weighted by Gasteiger charge is -2.42. The van der Waals surface area contributed by atoms with E-state index in [2.05, 4.69) is 21.2 Å². The molecular weight excluding hydrogens is 702 g/mol. The number of fused-ring (bicyclic) bond motifs is 2. The smallest absolute Gasteiger partial charge is 0.313 e. The Morgan fingerprint density at radius 2 is 1.66 bits per heavy atom. The van der Waals surface area contributed by atoms with Crippen molar-refractivity contribution in [1.29, 1.82) is 0 Å². The van der Waals surface area contributed by atoms with E-state index < -0.39 is 53.6 Å². The zero-order valence-electron chi connectivity index (χ0n) is 28.0. The molecule has 1 saturated carbocycles. The number of ether oxygens (including phenoxy) is 2. The highest BCUT2D eigenvalue weighted by Gasteiger charge is 2.75. The van der Waals surface area contributed by atoms with E-state index in [1.807, 2.05) is 83.8 Å². The summed E-state index contributed by atoms with van der Waals surface area (Å²) in [7, 11) is 0. The first-order valence-electron chi connectivity index (χ1n) is 17.8. The van der Waals surface area contributed by atoms with Crippen LogP contribution in [0.1, 0.15) is 62.2 Å². The molecule has 4 aliphatic heterocycles. The maximum absolute atomic E-state index is 15.2. The number of rotatable bonds is 6. The molecule has 0 unspecified atom stereocenters. The number of allylic oxidation sites excluding steroid dienone is 1. The number of benzene rings is 2. The van der Waals surface area contributed by atoms with Gasteiger partial charge < -0.3 is 29.7 Å². The van der Waals surface area contributed by atoms with Crippen LogP contribution in [0.4, 0.5) is 0 Å². The number of nitrogens with one attached hydrogen (secondary N) is 1. The van der Waals surface area contributed by atoms with Crippen molar-refractivity contribution in [3.63, 3.8) is 0 Å². The van der Waals surface area contributed by atoms with Crippen molar-refractivity contribution in [2.75, 3.05) is 19.7 Å². The molecule has 0 radical (unpaired) electrons. The molecule has 11 heteroatoms. The second-order valence-electron chi connectivity index (χ2n) is 14.0. The number of aliphatic hydroxyl groups is 1. The number of aliphatic hydroxyl groups excluding tert-OH is 1. The SMILES string of the molecule is O=C1CC/C=C\CN(C2CCCCC2)C(=O)[C@@H]2N([C@@H](CO)Cc3ccccc3)C(=O)[C@H]3[C@H](C(=O)O[C@H](c4ccccc4)CN1)[C@H]1O[C@@]23C=C1Br. The molecule has 3 amide bonds. The van der Waals surface area contributed by atoms with E-state index >= 15 is 4.79 Å². The van der Waals surface area contributed by atoms with Crippen molar-refractivity contribution in [3.05, 3.63) is 94.5 Å². The molecule has 2 aromatic carbocycles. The number of hydrogen-bond acceptors (Lipinski definition) is 7. The number of halogens is 1. The largest absolute Gasteiger partial charge is 0.455 e. The summed E-state index contributed by atoms with van der Waals surface area (Å²) in [4.78, 5) is 60.8. The van der Waals surface area contributed by atoms with Gasteiger partial charge in [-0.3, -0.25) is 19.2 Å². The van der Waals surface area contributed by atoms with Crippen LogP contribution in [0.25, 0.3) is 0 Å². The van der Waals surface area contributed by atoms with Gasteiger partial charge in [-0.2, -0.15) is 0 Å². The predicted octanol–water partition coefficient (Wildman–Crippen LogP) is 4.38. The monoisotopic (exact) mass is 745 g/mol. The molecule has 1 spiro atoms. The molecule has 2 saturated heterocycles. The summed E-state index contributed by atoms with van der Waals surface area (Å²) < 4.78 is 13.5. The third kappa shape index (κ3) is 6.44. The van der Waals surface area contributed by atoms with Gasteiger partial charge in [0.25, 0.3) is 0 Å². The Bertz CT molecular complexity index is 1650. The van der Waals surface area contributed by atoms with E-state index in [1.54, 1.807) is 0 Å². The van der Waals surface area contributed by atoms with Gasteiger partial charge in [-0.05, 0) is 42.9 Å². The molecule has 2 aromatic rings. The number of likely N-dealkylation sites (tertiary alicyclic amines) is 1. The van der Waals surface area contributed by atoms with Crippen molar-refractivity contribution in [1.82, 2.24) is 15.1 Å². The lowest BCUT2D eigenvalue weighted by molar-refractivity contribution is -0.160. The highest BCUT2D eigenvalue weighted by atomic mass is 79.9. The van der Waals surface area contributed by atoms with Crippen LogP contribution in [-0.2, 0) is 35.1 Å². The van der Waals surface area contributed by atoms with Gasteiger partial charge in [-0.15, -0.1) is 0 Å². The number of cyclic esters (lactones) is 1. The maximum atomic E-state index is 15.2. The van der Waals surface area contributed by atoms with Gasteiger partial charge in [0, 0.05) is 23.5 Å². The lowest BCUT2D eigenvalue weighted by atomic mass is 9.74. The second-order valence-corrected chi connectivity index (χ2v) is 14.9. The number of amides is 3. The van der Waals surface area contributed by atoms with Crippen LogP contribution in [0.3, 0.4) is 0 Å². The zero-order valence-corrected chi connectivity index (χ0v) is 29.6. The summed E-state index contributed by atoms with van der Waals surface area (Å²) in [5.41, 5.74) is 0.158. The van der Waals surface area contributed by atoms with Crippen molar-refractivity contribution < 1.29 is 33.8 Å². The van der Waals surface area contributed by atoms with E-state index in [9.17, 15) is 19.5 Å². The topological polar surface area (TPSA) is 125 Å². The van der Waals surface area contributed by atoms with Crippen molar-refractivity contribution in [2.24, 2.45) is 11.8 Å². The fourth-order valence-electron chi connectivity index (χ4n) is 8.63. The van der Waals surface area contributed by atoms with Gasteiger partial charge in [0.05, 0.1) is 25.1 Å². The zero-order chi connectivity index (χ0) is 34.8. The molecule has 50 heavy (non-hydrogen) atoms. The molecule has 10 nitrogen and oxygen atoms in total. The highest BCUT2D eigenvalue weighted by molar-refractivity contribution is 9.11. The Morgan fingerprint density at radius 3 is 2.38 bits per heavy atom. The van der Waals surface area contributed by atoms with Crippen LogP contribution in [0.2, 0.25) is 0 Å². The first-order valence-corrected chi connectivity index (χ1v) is 18.6. The number of carbonyl (C=O) groups is 4. The van der Waals surface area contributed by atoms with Crippen LogP contribution < -0.4 is 5.32 Å². The third-order valence-corrected chi connectivity index (χ3v) is 11.7. The summed E-state index contributed by atoms with van der Waals surface area (Å²) >= 11 is 3.64. The second kappa shape index (κ2) is 14.8. The Kier molecular flexibility index (Phi) is 10.3. The summed E-state index contributed by atoms with van der Waals surface area (Å²) in [5, 5.41) is 13.8. The molecular formula is C39H44BrN3O7. The predicted molar refractivity (Wildman–Crippen MR) is 188 cm³/mol. The van der Waals surface area contributed by atoms with Crippen molar-refractivity contribution in [2.45, 2.75) is 87.3 Å². The first kappa shape index (κ1) is 34.6. The minimum Gasteiger partial charge on any atom is -0.455 e. The summed E-state index contributed by atoms with van der Waals surface area (Å²) in [6, 6.07) is 16.9. The number of nitrogens with zero attached hydrogens (tertiary/aromatic N) is 2. The molecule has 2 N–H and O–H groups in total. The van der Waals surface area contributed by atoms with Gasteiger partial charge in [0.2, 0.25) is 17.7 Å². The van der Waals surface area contributed by atoms with Gasteiger partial charge in [-0.25, -0.2) is 0 Å². The number of carbonyl (C=O) groups excluding carboxylic acids is 4. The standard InChI is InChI=1S/C39H44BrN3O7/c40-29-22-39-33-32(34(29)50-39)38(48)49-30(26-15-7-2-8-16-26)23-41-31(45)19-11-4-12-20-42(27-17-9-3-10-18-27)37(47)35(39)43(36(33)46)28(24-44)21-25-13-5-1-6-14-25/h1-2,4-8,12-16,22,27-28,30,32-35,44H,3,9-11,17-21,23-24H2,(H,41,45)/b12-4-/t28-,30+,32+,33-,34+,35+,39-/m1/s1. The third-order valence-electron chi connectivity index (χ3n) is 11.0. The van der Waals surface area contributed by atoms with Crippen molar-refractivity contribution in [3.8, 4) is 0 Å². The average Bonchev–Trinajstić information content (AvgIpc) is 3.74. The van der Waals surface area contributed by atoms with Gasteiger partial charge >= 0.3 is 5.97 Å². The summed E-state index contributed by atoms with van der Waals surface area (Å²) in [6.45, 7) is -0.0118. The molecule has 4 heterocycles. The molecule has 1 aliphatic carbocycles. The molecule has 5 bridgehead atoms. The molecule has 0 aromatic heterocycles. The normalized spacial score (nSPS) is 32.0. The fraction of sp³-hybridized carbons (Fsp3) is 0.487. The lowest BCUT2D eigenvalue weighted by Crippen LogP contribution is -2.60. The Hall–Kier alpha value is -3.80. The Morgan fingerprint density at radius 1 is 0.940 bits per heavy atom. The number of hydrogen-bond donors (Lipinski definition) is 2. The first-order chi connectivity index (χ1) is 24.3. The minimum atomic E-state index is -1.45. The van der Waals surface area contributed by atoms with E-state index in [-0.39, 0.29) is 37.4 Å². The van der Waals surface area contributed by atoms with Crippen LogP contribution in [0, 0.1) is 11.8 Å². The number of esters is 1. The quantitative estimate of drug-likeness (QED) is 0.333. The van der Waals surface area contributed by atoms with Gasteiger partial charge in [0.15, 0.2) is 0 Å². The molecule has 7 atom stereocenters. The average molecular weight is 747 g/mol. The molecule has 3 fully saturated rings. The van der Waals surface area contributed by atoms with Gasteiger partial charge in [0.1, 0.15) is 29.8 Å². The van der Waals surface area contributed by atoms with Gasteiger partial charge in [-0.1, -0.05) is 108 Å². The fourth-order valence-corrected chi connectivity index (χ4v) is 9.37.